The van der Waals surface area contributed by atoms with E-state index in [1.54, 1.807) is 18.2 Å². The first kappa shape index (κ1) is 19.0. The summed E-state index contributed by atoms with van der Waals surface area (Å²) < 4.78 is 4.88. The van der Waals surface area contributed by atoms with Crippen molar-refractivity contribution >= 4 is 41.2 Å². The maximum atomic E-state index is 11.7. The summed E-state index contributed by atoms with van der Waals surface area (Å²) in [6, 6.07) is 14.8. The summed E-state index contributed by atoms with van der Waals surface area (Å²) in [7, 11) is 0. The van der Waals surface area contributed by atoms with E-state index in [9.17, 15) is 9.59 Å². The fraction of sp³-hybridized carbons (Fsp3) is 0.158. The van der Waals surface area contributed by atoms with Crippen LogP contribution in [0.25, 0.3) is 6.08 Å². The Morgan fingerprint density at radius 2 is 1.68 bits per heavy atom. The summed E-state index contributed by atoms with van der Waals surface area (Å²) in [5.74, 6) is -0.998. The third kappa shape index (κ3) is 6.61. The average molecular weight is 378 g/mol. The van der Waals surface area contributed by atoms with Crippen molar-refractivity contribution in [3.63, 3.8) is 0 Å². The van der Waals surface area contributed by atoms with Crippen LogP contribution in [-0.4, -0.2) is 25.0 Å². The first-order valence-electron chi connectivity index (χ1n) is 7.66. The molecule has 2 aromatic carbocycles. The minimum absolute atomic E-state index is 0.339. The molecule has 0 radical (unpaired) electrons. The minimum Gasteiger partial charge on any atom is -0.452 e. The molecule has 4 nitrogen and oxygen atoms in total. The van der Waals surface area contributed by atoms with Gasteiger partial charge in [-0.2, -0.15) is 0 Å². The van der Waals surface area contributed by atoms with Crippen molar-refractivity contribution in [3.05, 3.63) is 75.8 Å². The number of halogens is 2. The van der Waals surface area contributed by atoms with E-state index in [1.807, 2.05) is 30.3 Å². The number of hydrogen-bond donors (Lipinski definition) is 1. The molecule has 130 valence electrons. The second kappa shape index (κ2) is 9.87. The Hall–Kier alpha value is -2.30. The fourth-order valence-electron chi connectivity index (χ4n) is 2.05. The molecular formula is C19H17Cl2NO3. The highest BCUT2D eigenvalue weighted by Crippen LogP contribution is 2.25. The van der Waals surface area contributed by atoms with Crippen LogP contribution >= 0.6 is 23.2 Å². The maximum absolute atomic E-state index is 11.7. The zero-order valence-corrected chi connectivity index (χ0v) is 14.9. The second-order valence-electron chi connectivity index (χ2n) is 5.16. The van der Waals surface area contributed by atoms with Crippen LogP contribution < -0.4 is 5.32 Å². The lowest BCUT2D eigenvalue weighted by atomic mass is 10.1. The molecule has 2 rings (SSSR count). The number of rotatable bonds is 7. The topological polar surface area (TPSA) is 55.4 Å². The second-order valence-corrected chi connectivity index (χ2v) is 5.98. The van der Waals surface area contributed by atoms with E-state index < -0.39 is 5.97 Å². The third-order valence-corrected chi connectivity index (χ3v) is 3.97. The zero-order chi connectivity index (χ0) is 18.1. The van der Waals surface area contributed by atoms with Crippen LogP contribution in [0.3, 0.4) is 0 Å². The molecule has 0 aliphatic heterocycles. The van der Waals surface area contributed by atoms with Gasteiger partial charge in [-0.1, -0.05) is 59.6 Å². The van der Waals surface area contributed by atoms with Crippen molar-refractivity contribution in [1.82, 2.24) is 5.32 Å². The van der Waals surface area contributed by atoms with Crippen molar-refractivity contribution in [2.45, 2.75) is 6.42 Å². The quantitative estimate of drug-likeness (QED) is 0.587. The van der Waals surface area contributed by atoms with Crippen LogP contribution in [0.1, 0.15) is 11.1 Å². The number of amides is 1. The van der Waals surface area contributed by atoms with Crippen LogP contribution in [0.15, 0.2) is 54.6 Å². The number of nitrogens with one attached hydrogen (secondary N) is 1. The number of ether oxygens (including phenoxy) is 1. The standard InChI is InChI=1S/C19H17Cl2NO3/c20-16-7-4-8-17(21)15(16)9-10-19(24)25-13-18(23)22-12-11-14-5-2-1-3-6-14/h1-10H,11-13H2,(H,22,23)/b10-9+. The average Bonchev–Trinajstić information content (AvgIpc) is 2.60. The van der Waals surface area contributed by atoms with E-state index in [4.69, 9.17) is 27.9 Å². The fourth-order valence-corrected chi connectivity index (χ4v) is 2.57. The lowest BCUT2D eigenvalue weighted by Gasteiger charge is -2.05. The Morgan fingerprint density at radius 1 is 1.00 bits per heavy atom. The normalized spacial score (nSPS) is 10.6. The molecular weight excluding hydrogens is 361 g/mol. The lowest BCUT2D eigenvalue weighted by molar-refractivity contribution is -0.143. The summed E-state index contributed by atoms with van der Waals surface area (Å²) in [5, 5.41) is 3.55. The summed E-state index contributed by atoms with van der Waals surface area (Å²) >= 11 is 12.0. The molecule has 1 amide bonds. The Bertz CT molecular complexity index is 740. The van der Waals surface area contributed by atoms with E-state index in [1.165, 1.54) is 12.2 Å². The van der Waals surface area contributed by atoms with E-state index in [-0.39, 0.29) is 12.5 Å². The molecule has 0 saturated carbocycles. The van der Waals surface area contributed by atoms with Crippen LogP contribution in [0.2, 0.25) is 10.0 Å². The molecule has 0 unspecified atom stereocenters. The van der Waals surface area contributed by atoms with E-state index in [0.717, 1.165) is 5.56 Å². The van der Waals surface area contributed by atoms with Gasteiger partial charge in [0, 0.05) is 28.2 Å². The SMILES string of the molecule is O=C(COC(=O)/C=C/c1c(Cl)cccc1Cl)NCCc1ccccc1. The van der Waals surface area contributed by atoms with Crippen molar-refractivity contribution in [3.8, 4) is 0 Å². The molecule has 0 heterocycles. The monoisotopic (exact) mass is 377 g/mol. The molecule has 25 heavy (non-hydrogen) atoms. The highest BCUT2D eigenvalue weighted by Gasteiger charge is 2.06. The Labute approximate surface area is 156 Å². The van der Waals surface area contributed by atoms with Crippen LogP contribution in [0.5, 0.6) is 0 Å². The van der Waals surface area contributed by atoms with Gasteiger partial charge in [0.05, 0.1) is 0 Å². The van der Waals surface area contributed by atoms with Gasteiger partial charge in [-0.15, -0.1) is 0 Å². The first-order chi connectivity index (χ1) is 12.1. The Morgan fingerprint density at radius 3 is 2.36 bits per heavy atom. The van der Waals surface area contributed by atoms with Crippen molar-refractivity contribution in [2.24, 2.45) is 0 Å². The van der Waals surface area contributed by atoms with Gasteiger partial charge < -0.3 is 10.1 Å². The van der Waals surface area contributed by atoms with Crippen molar-refractivity contribution in [2.75, 3.05) is 13.2 Å². The minimum atomic E-state index is -0.644. The number of hydrogen-bond acceptors (Lipinski definition) is 3. The van der Waals surface area contributed by atoms with E-state index in [2.05, 4.69) is 5.32 Å². The first-order valence-corrected chi connectivity index (χ1v) is 8.41. The van der Waals surface area contributed by atoms with Crippen LogP contribution in [0, 0.1) is 0 Å². The molecule has 0 aliphatic carbocycles. The third-order valence-electron chi connectivity index (χ3n) is 3.31. The van der Waals surface area contributed by atoms with Gasteiger partial charge in [0.1, 0.15) is 0 Å². The number of benzene rings is 2. The number of carbonyl (C=O) groups is 2. The number of carbonyl (C=O) groups excluding carboxylic acids is 2. The van der Waals surface area contributed by atoms with E-state index >= 15 is 0 Å². The van der Waals surface area contributed by atoms with Gasteiger partial charge in [0.25, 0.3) is 5.91 Å². The van der Waals surface area contributed by atoms with Gasteiger partial charge in [0.15, 0.2) is 6.61 Å². The van der Waals surface area contributed by atoms with Crippen LogP contribution in [-0.2, 0) is 20.7 Å². The van der Waals surface area contributed by atoms with E-state index in [0.29, 0.717) is 28.6 Å². The molecule has 0 aromatic heterocycles. The summed E-state index contributed by atoms with van der Waals surface area (Å²) in [6.07, 6.45) is 3.36. The highest BCUT2D eigenvalue weighted by molar-refractivity contribution is 6.37. The van der Waals surface area contributed by atoms with Crippen molar-refractivity contribution < 1.29 is 14.3 Å². The predicted molar refractivity (Wildman–Crippen MR) is 99.6 cm³/mol. The molecule has 0 bridgehead atoms. The van der Waals surface area contributed by atoms with Gasteiger partial charge in [-0.25, -0.2) is 4.79 Å². The summed E-state index contributed by atoms with van der Waals surface area (Å²) in [5.41, 5.74) is 1.65. The molecule has 0 atom stereocenters. The highest BCUT2D eigenvalue weighted by atomic mass is 35.5. The molecule has 0 saturated heterocycles. The number of esters is 1. The molecule has 1 N–H and O–H groups in total. The Balaban J connectivity index is 1.72. The lowest BCUT2D eigenvalue weighted by Crippen LogP contribution is -2.30. The molecule has 0 fully saturated rings. The predicted octanol–water partition coefficient (Wildman–Crippen LogP) is 3.91. The summed E-state index contributed by atoms with van der Waals surface area (Å²) in [6.45, 7) is 0.139. The molecule has 0 spiro atoms. The molecule has 0 aliphatic rings. The summed E-state index contributed by atoms with van der Waals surface area (Å²) in [4.78, 5) is 23.3. The smallest absolute Gasteiger partial charge is 0.331 e. The molecule has 6 heteroatoms. The maximum Gasteiger partial charge on any atom is 0.331 e. The largest absolute Gasteiger partial charge is 0.452 e. The van der Waals surface area contributed by atoms with Gasteiger partial charge >= 0.3 is 5.97 Å². The van der Waals surface area contributed by atoms with Gasteiger partial charge in [0.2, 0.25) is 0 Å². The van der Waals surface area contributed by atoms with Crippen LogP contribution in [0.4, 0.5) is 0 Å². The molecule has 2 aromatic rings. The zero-order valence-electron chi connectivity index (χ0n) is 13.4. The van der Waals surface area contributed by atoms with Gasteiger partial charge in [-0.3, -0.25) is 4.79 Å². The Kier molecular flexibility index (Phi) is 7.51. The van der Waals surface area contributed by atoms with Gasteiger partial charge in [-0.05, 0) is 30.2 Å². The van der Waals surface area contributed by atoms with Crippen molar-refractivity contribution in [1.29, 1.82) is 0 Å².